The highest BCUT2D eigenvalue weighted by Gasteiger charge is 2.10. The van der Waals surface area contributed by atoms with Crippen molar-refractivity contribution in [3.8, 4) is 11.5 Å². The highest BCUT2D eigenvalue weighted by atomic mass is 127. The number of carbonyl (C=O) groups is 1. The van der Waals surface area contributed by atoms with E-state index in [9.17, 15) is 4.79 Å². The Labute approximate surface area is 175 Å². The molecule has 8 nitrogen and oxygen atoms in total. The Bertz CT molecular complexity index is 763. The number of nitrogens with two attached hydrogens (primary N) is 1. The van der Waals surface area contributed by atoms with Gasteiger partial charge in [0.2, 0.25) is 0 Å². The van der Waals surface area contributed by atoms with E-state index in [4.69, 9.17) is 19.6 Å². The third-order valence-electron chi connectivity index (χ3n) is 3.51. The highest BCUT2D eigenvalue weighted by Crippen LogP contribution is 2.26. The van der Waals surface area contributed by atoms with Crippen LogP contribution in [0.2, 0.25) is 0 Å². The minimum atomic E-state index is -0.596. The van der Waals surface area contributed by atoms with Crippen molar-refractivity contribution in [1.82, 2.24) is 10.6 Å². The van der Waals surface area contributed by atoms with E-state index in [-0.39, 0.29) is 35.8 Å². The van der Waals surface area contributed by atoms with E-state index in [1.54, 1.807) is 26.3 Å². The summed E-state index contributed by atoms with van der Waals surface area (Å²) < 4.78 is 16.5. The van der Waals surface area contributed by atoms with Crippen LogP contribution in [0, 0.1) is 0 Å². The minimum absolute atomic E-state index is 0. The van der Waals surface area contributed by atoms with Crippen molar-refractivity contribution in [2.24, 2.45) is 10.7 Å². The van der Waals surface area contributed by atoms with Gasteiger partial charge in [0.15, 0.2) is 23.2 Å². The molecule has 0 saturated heterocycles. The maximum Gasteiger partial charge on any atom is 0.284 e. The SMILES string of the molecule is CN=C(NCc1ccc(C(N)=O)o1)NCC(C)Oc1ccccc1OC.I. The van der Waals surface area contributed by atoms with Crippen LogP contribution in [-0.2, 0) is 6.54 Å². The minimum Gasteiger partial charge on any atom is -0.493 e. The fraction of sp³-hybridized carbons (Fsp3) is 0.333. The van der Waals surface area contributed by atoms with Crippen LogP contribution in [0.25, 0.3) is 0 Å². The van der Waals surface area contributed by atoms with Crippen LogP contribution >= 0.6 is 24.0 Å². The van der Waals surface area contributed by atoms with Crippen molar-refractivity contribution >= 4 is 35.8 Å². The van der Waals surface area contributed by atoms with Gasteiger partial charge in [-0.25, -0.2) is 0 Å². The summed E-state index contributed by atoms with van der Waals surface area (Å²) in [4.78, 5) is 15.2. The summed E-state index contributed by atoms with van der Waals surface area (Å²) in [5.74, 6) is 2.06. The number of halogens is 1. The molecule has 1 aromatic heterocycles. The Balaban J connectivity index is 0.00000364. The second kappa shape index (κ2) is 11.3. The van der Waals surface area contributed by atoms with Gasteiger partial charge in [-0.05, 0) is 31.2 Å². The molecule has 0 radical (unpaired) electrons. The number of methoxy groups -OCH3 is 1. The van der Waals surface area contributed by atoms with Gasteiger partial charge in [0.1, 0.15) is 11.9 Å². The Morgan fingerprint density at radius 3 is 2.52 bits per heavy atom. The van der Waals surface area contributed by atoms with E-state index in [1.807, 2.05) is 31.2 Å². The Kier molecular flexibility index (Phi) is 9.48. The van der Waals surface area contributed by atoms with Gasteiger partial charge in [-0.15, -0.1) is 24.0 Å². The van der Waals surface area contributed by atoms with Crippen LogP contribution in [0.1, 0.15) is 23.2 Å². The molecule has 9 heteroatoms. The molecule has 0 spiro atoms. The number of furan rings is 1. The van der Waals surface area contributed by atoms with Crippen LogP contribution in [0.5, 0.6) is 11.5 Å². The zero-order valence-electron chi connectivity index (χ0n) is 15.5. The Hall–Kier alpha value is -2.43. The van der Waals surface area contributed by atoms with E-state index in [0.29, 0.717) is 36.3 Å². The van der Waals surface area contributed by atoms with Crippen molar-refractivity contribution in [3.05, 3.63) is 47.9 Å². The van der Waals surface area contributed by atoms with Crippen molar-refractivity contribution < 1.29 is 18.7 Å². The molecule has 0 saturated carbocycles. The molecule has 1 amide bonds. The predicted octanol–water partition coefficient (Wildman–Crippen LogP) is 2.14. The largest absolute Gasteiger partial charge is 0.493 e. The molecule has 2 rings (SSSR count). The normalized spacial score (nSPS) is 11.9. The van der Waals surface area contributed by atoms with Crippen molar-refractivity contribution in [1.29, 1.82) is 0 Å². The predicted molar refractivity (Wildman–Crippen MR) is 114 cm³/mol. The number of guanidine groups is 1. The van der Waals surface area contributed by atoms with Crippen LogP contribution < -0.4 is 25.8 Å². The number of benzene rings is 1. The number of hydrogen-bond acceptors (Lipinski definition) is 5. The molecule has 0 aliphatic heterocycles. The molecule has 0 aliphatic rings. The molecule has 0 bridgehead atoms. The standard InChI is InChI=1S/C18H24N4O4.HI/c1-12(25-15-7-5-4-6-14(15)24-3)10-21-18(20-2)22-11-13-8-9-16(26-13)17(19)23;/h4-9,12H,10-11H2,1-3H3,(H2,19,23)(H2,20,21,22);1H. The lowest BCUT2D eigenvalue weighted by atomic mass is 10.3. The average Bonchev–Trinajstić information content (AvgIpc) is 3.11. The molecule has 4 N–H and O–H groups in total. The lowest BCUT2D eigenvalue weighted by Crippen LogP contribution is -2.41. The smallest absolute Gasteiger partial charge is 0.284 e. The first-order chi connectivity index (χ1) is 12.5. The van der Waals surface area contributed by atoms with E-state index in [2.05, 4.69) is 15.6 Å². The van der Waals surface area contributed by atoms with E-state index < -0.39 is 5.91 Å². The molecule has 27 heavy (non-hydrogen) atoms. The summed E-state index contributed by atoms with van der Waals surface area (Å²) in [7, 11) is 3.27. The fourth-order valence-corrected chi connectivity index (χ4v) is 2.21. The van der Waals surface area contributed by atoms with Crippen molar-refractivity contribution in [3.63, 3.8) is 0 Å². The molecular weight excluding hydrogens is 463 g/mol. The summed E-state index contributed by atoms with van der Waals surface area (Å²) in [6.07, 6.45) is -0.116. The summed E-state index contributed by atoms with van der Waals surface area (Å²) in [5.41, 5.74) is 5.16. The Morgan fingerprint density at radius 2 is 1.93 bits per heavy atom. The second-order valence-electron chi connectivity index (χ2n) is 5.52. The van der Waals surface area contributed by atoms with Crippen LogP contribution in [-0.4, -0.2) is 38.7 Å². The van der Waals surface area contributed by atoms with Gasteiger partial charge < -0.3 is 30.3 Å². The number of nitrogens with one attached hydrogen (secondary N) is 2. The van der Waals surface area contributed by atoms with Gasteiger partial charge in [0.25, 0.3) is 5.91 Å². The van der Waals surface area contributed by atoms with Crippen LogP contribution in [0.3, 0.4) is 0 Å². The molecule has 2 aromatic rings. The first kappa shape index (κ1) is 22.6. The number of carbonyl (C=O) groups excluding carboxylic acids is 1. The van der Waals surface area contributed by atoms with E-state index in [1.165, 1.54) is 0 Å². The summed E-state index contributed by atoms with van der Waals surface area (Å²) in [5, 5.41) is 6.26. The van der Waals surface area contributed by atoms with Gasteiger partial charge >= 0.3 is 0 Å². The summed E-state index contributed by atoms with van der Waals surface area (Å²) >= 11 is 0. The van der Waals surface area contributed by atoms with Crippen molar-refractivity contribution in [2.75, 3.05) is 20.7 Å². The maximum absolute atomic E-state index is 11.0. The molecule has 1 unspecified atom stereocenters. The quantitative estimate of drug-likeness (QED) is 0.298. The summed E-state index contributed by atoms with van der Waals surface area (Å²) in [6.45, 7) is 2.84. The van der Waals surface area contributed by atoms with Crippen LogP contribution in [0.15, 0.2) is 45.8 Å². The molecule has 0 fully saturated rings. The molecular formula is C18H25IN4O4. The van der Waals surface area contributed by atoms with Crippen LogP contribution in [0.4, 0.5) is 0 Å². The first-order valence-corrected chi connectivity index (χ1v) is 8.16. The third-order valence-corrected chi connectivity index (χ3v) is 3.51. The number of aliphatic imine (C=N–C) groups is 1. The number of rotatable bonds is 8. The molecule has 148 valence electrons. The molecule has 1 aromatic carbocycles. The lowest BCUT2D eigenvalue weighted by Gasteiger charge is -2.18. The first-order valence-electron chi connectivity index (χ1n) is 8.16. The molecule has 1 atom stereocenters. The number of ether oxygens (including phenoxy) is 2. The van der Waals surface area contributed by atoms with E-state index in [0.717, 1.165) is 0 Å². The zero-order chi connectivity index (χ0) is 18.9. The number of primary amides is 1. The topological polar surface area (TPSA) is 111 Å². The molecule has 1 heterocycles. The van der Waals surface area contributed by atoms with Crippen molar-refractivity contribution in [2.45, 2.75) is 19.6 Å². The number of nitrogens with zero attached hydrogens (tertiary/aromatic N) is 1. The van der Waals surface area contributed by atoms with Gasteiger partial charge in [0, 0.05) is 7.05 Å². The van der Waals surface area contributed by atoms with Gasteiger partial charge in [-0.1, -0.05) is 12.1 Å². The number of para-hydroxylation sites is 2. The fourth-order valence-electron chi connectivity index (χ4n) is 2.21. The highest BCUT2D eigenvalue weighted by molar-refractivity contribution is 14.0. The van der Waals surface area contributed by atoms with Gasteiger partial charge in [0.05, 0.1) is 20.2 Å². The maximum atomic E-state index is 11.0. The number of hydrogen-bond donors (Lipinski definition) is 3. The summed E-state index contributed by atoms with van der Waals surface area (Å²) in [6, 6.07) is 10.7. The van der Waals surface area contributed by atoms with Gasteiger partial charge in [-0.3, -0.25) is 9.79 Å². The zero-order valence-corrected chi connectivity index (χ0v) is 17.9. The average molecular weight is 488 g/mol. The lowest BCUT2D eigenvalue weighted by molar-refractivity contribution is 0.0972. The molecule has 0 aliphatic carbocycles. The van der Waals surface area contributed by atoms with E-state index >= 15 is 0 Å². The number of amides is 1. The Morgan fingerprint density at radius 1 is 1.22 bits per heavy atom. The third kappa shape index (κ3) is 7.00. The monoisotopic (exact) mass is 488 g/mol. The second-order valence-corrected chi connectivity index (χ2v) is 5.52. The van der Waals surface area contributed by atoms with Gasteiger partial charge in [-0.2, -0.15) is 0 Å².